The number of nitriles is 1. The summed E-state index contributed by atoms with van der Waals surface area (Å²) in [4.78, 5) is 0. The van der Waals surface area contributed by atoms with E-state index in [1.54, 1.807) is 0 Å². The van der Waals surface area contributed by atoms with Crippen LogP contribution in [0.4, 0.5) is 5.69 Å². The van der Waals surface area contributed by atoms with E-state index in [-0.39, 0.29) is 0 Å². The minimum atomic E-state index is 0.616. The summed E-state index contributed by atoms with van der Waals surface area (Å²) in [5, 5.41) is 12.8. The highest BCUT2D eigenvalue weighted by Gasteiger charge is 2.41. The molecule has 0 amide bonds. The highest BCUT2D eigenvalue weighted by molar-refractivity contribution is 5.59. The molecule has 1 aromatic rings. The van der Waals surface area contributed by atoms with Gasteiger partial charge in [0.25, 0.3) is 0 Å². The Hall–Kier alpha value is -1.49. The molecule has 3 rings (SSSR count). The molecule has 88 valence electrons. The molecule has 0 aromatic heterocycles. The molecule has 0 atom stereocenters. The van der Waals surface area contributed by atoms with Gasteiger partial charge in [-0.2, -0.15) is 5.26 Å². The van der Waals surface area contributed by atoms with Crippen LogP contribution in [-0.2, 0) is 0 Å². The number of hydrogen-bond donors (Lipinski definition) is 1. The highest BCUT2D eigenvalue weighted by atomic mass is 15.0. The Labute approximate surface area is 103 Å². The van der Waals surface area contributed by atoms with Crippen molar-refractivity contribution in [3.63, 3.8) is 0 Å². The highest BCUT2D eigenvalue weighted by Crippen LogP contribution is 2.46. The lowest BCUT2D eigenvalue weighted by Crippen LogP contribution is -2.24. The lowest BCUT2D eigenvalue weighted by molar-refractivity contribution is 0.567. The third kappa shape index (κ3) is 2.29. The molecule has 1 N–H and O–H groups in total. The van der Waals surface area contributed by atoms with E-state index in [1.165, 1.54) is 25.7 Å². The molecular formula is C15H18N2. The third-order valence-corrected chi connectivity index (χ3v) is 3.88. The molecule has 0 heterocycles. The molecule has 2 aliphatic rings. The third-order valence-electron chi connectivity index (χ3n) is 3.88. The molecule has 2 saturated carbocycles. The fourth-order valence-corrected chi connectivity index (χ4v) is 2.59. The maximum absolute atomic E-state index is 9.17. The second kappa shape index (κ2) is 4.07. The lowest BCUT2D eigenvalue weighted by Gasteiger charge is -2.20. The first-order valence-corrected chi connectivity index (χ1v) is 6.55. The average molecular weight is 226 g/mol. The molecular weight excluding hydrogens is 208 g/mol. The van der Waals surface area contributed by atoms with Crippen molar-refractivity contribution >= 4 is 5.69 Å². The van der Waals surface area contributed by atoms with Crippen LogP contribution >= 0.6 is 0 Å². The number of benzene rings is 1. The number of nitrogens with zero attached hydrogens (tertiary/aromatic N) is 1. The largest absolute Gasteiger partial charge is 0.381 e. The number of rotatable bonds is 4. The van der Waals surface area contributed by atoms with E-state index in [4.69, 9.17) is 0 Å². The Morgan fingerprint density at radius 1 is 1.24 bits per heavy atom. The predicted octanol–water partition coefficient (Wildman–Crippen LogP) is 3.47. The number of anilines is 1. The predicted molar refractivity (Wildman–Crippen MR) is 68.8 cm³/mol. The zero-order valence-electron chi connectivity index (χ0n) is 10.2. The molecule has 2 heteroatoms. The van der Waals surface area contributed by atoms with Crippen LogP contribution in [0, 0.1) is 30.1 Å². The molecule has 0 aliphatic heterocycles. The van der Waals surface area contributed by atoms with Crippen molar-refractivity contribution < 1.29 is 0 Å². The maximum atomic E-state index is 9.17. The molecule has 1 aromatic carbocycles. The second-order valence-corrected chi connectivity index (χ2v) is 5.51. The molecule has 2 fully saturated rings. The Morgan fingerprint density at radius 2 is 1.88 bits per heavy atom. The van der Waals surface area contributed by atoms with Gasteiger partial charge in [0.2, 0.25) is 0 Å². The first kappa shape index (κ1) is 10.7. The van der Waals surface area contributed by atoms with E-state index in [9.17, 15) is 5.26 Å². The molecule has 0 radical (unpaired) electrons. The van der Waals surface area contributed by atoms with Crippen LogP contribution in [0.25, 0.3) is 0 Å². The fraction of sp³-hybridized carbons (Fsp3) is 0.533. The van der Waals surface area contributed by atoms with Crippen molar-refractivity contribution in [2.45, 2.75) is 38.6 Å². The Balaban J connectivity index is 1.81. The van der Waals surface area contributed by atoms with Gasteiger partial charge in [0.15, 0.2) is 0 Å². The van der Waals surface area contributed by atoms with Gasteiger partial charge in [-0.3, -0.25) is 0 Å². The smallest absolute Gasteiger partial charge is 0.101 e. The maximum Gasteiger partial charge on any atom is 0.101 e. The summed E-state index contributed by atoms with van der Waals surface area (Å²) in [6.07, 6.45) is 5.45. The van der Waals surface area contributed by atoms with Gasteiger partial charge in [0.1, 0.15) is 6.07 Å². The Kier molecular flexibility index (Phi) is 2.55. The van der Waals surface area contributed by atoms with Crippen molar-refractivity contribution in [1.29, 1.82) is 5.26 Å². The van der Waals surface area contributed by atoms with Crippen molar-refractivity contribution in [3.05, 3.63) is 29.3 Å². The van der Waals surface area contributed by atoms with Crippen LogP contribution in [0.5, 0.6) is 0 Å². The summed E-state index contributed by atoms with van der Waals surface area (Å²) in [7, 11) is 0. The molecule has 0 unspecified atom stereocenters. The van der Waals surface area contributed by atoms with Gasteiger partial charge in [0.05, 0.1) is 11.3 Å². The monoisotopic (exact) mass is 226 g/mol. The fourth-order valence-electron chi connectivity index (χ4n) is 2.59. The van der Waals surface area contributed by atoms with Crippen LogP contribution < -0.4 is 5.32 Å². The van der Waals surface area contributed by atoms with Gasteiger partial charge < -0.3 is 5.32 Å². The van der Waals surface area contributed by atoms with Crippen molar-refractivity contribution in [2.75, 3.05) is 5.32 Å². The first-order chi connectivity index (χ1) is 8.28. The van der Waals surface area contributed by atoms with Crippen LogP contribution in [-0.4, -0.2) is 6.04 Å². The van der Waals surface area contributed by atoms with E-state index in [0.717, 1.165) is 28.7 Å². The standard InChI is InChI=1S/C15H18N2/c1-10-2-7-14(13(8-10)9-16)17-15(11-3-4-11)12-5-6-12/h2,7-8,11-12,15,17H,3-6H2,1H3. The van der Waals surface area contributed by atoms with Crippen LogP contribution in [0.3, 0.4) is 0 Å². The molecule has 0 spiro atoms. The summed E-state index contributed by atoms with van der Waals surface area (Å²) in [6.45, 7) is 2.03. The quantitative estimate of drug-likeness (QED) is 0.853. The molecule has 2 nitrogen and oxygen atoms in total. The first-order valence-electron chi connectivity index (χ1n) is 6.55. The summed E-state index contributed by atoms with van der Waals surface area (Å²) in [5.41, 5.74) is 2.97. The van der Waals surface area contributed by atoms with Gasteiger partial charge in [-0.1, -0.05) is 6.07 Å². The van der Waals surface area contributed by atoms with Crippen LogP contribution in [0.1, 0.15) is 36.8 Å². The van der Waals surface area contributed by atoms with Gasteiger partial charge in [-0.25, -0.2) is 0 Å². The van der Waals surface area contributed by atoms with E-state index >= 15 is 0 Å². The van der Waals surface area contributed by atoms with E-state index in [1.807, 2.05) is 13.0 Å². The topological polar surface area (TPSA) is 35.8 Å². The van der Waals surface area contributed by atoms with E-state index in [2.05, 4.69) is 23.5 Å². The van der Waals surface area contributed by atoms with Crippen molar-refractivity contribution in [1.82, 2.24) is 0 Å². The normalized spacial score (nSPS) is 19.1. The Morgan fingerprint density at radius 3 is 2.41 bits per heavy atom. The minimum absolute atomic E-state index is 0.616. The number of aryl methyl sites for hydroxylation is 1. The number of hydrogen-bond acceptors (Lipinski definition) is 2. The van der Waals surface area contributed by atoms with Crippen molar-refractivity contribution in [2.24, 2.45) is 11.8 Å². The lowest BCUT2D eigenvalue weighted by atomic mass is 10.0. The van der Waals surface area contributed by atoms with E-state index in [0.29, 0.717) is 6.04 Å². The van der Waals surface area contributed by atoms with Gasteiger partial charge in [-0.05, 0) is 62.1 Å². The van der Waals surface area contributed by atoms with Gasteiger partial charge in [-0.15, -0.1) is 0 Å². The zero-order chi connectivity index (χ0) is 11.8. The van der Waals surface area contributed by atoms with Crippen LogP contribution in [0.15, 0.2) is 18.2 Å². The van der Waals surface area contributed by atoms with Crippen LogP contribution in [0.2, 0.25) is 0 Å². The second-order valence-electron chi connectivity index (χ2n) is 5.51. The minimum Gasteiger partial charge on any atom is -0.381 e. The zero-order valence-corrected chi connectivity index (χ0v) is 10.2. The summed E-state index contributed by atoms with van der Waals surface area (Å²) in [5.74, 6) is 1.71. The molecule has 17 heavy (non-hydrogen) atoms. The SMILES string of the molecule is Cc1ccc(NC(C2CC2)C2CC2)c(C#N)c1. The summed E-state index contributed by atoms with van der Waals surface area (Å²) < 4.78 is 0. The Bertz CT molecular complexity index is 452. The average Bonchev–Trinajstić information content (AvgIpc) is 3.17. The van der Waals surface area contributed by atoms with Crippen molar-refractivity contribution in [3.8, 4) is 6.07 Å². The summed E-state index contributed by atoms with van der Waals surface area (Å²) >= 11 is 0. The molecule has 2 aliphatic carbocycles. The summed E-state index contributed by atoms with van der Waals surface area (Å²) in [6, 6.07) is 9.03. The molecule has 0 saturated heterocycles. The van der Waals surface area contributed by atoms with Gasteiger partial charge in [0, 0.05) is 6.04 Å². The van der Waals surface area contributed by atoms with E-state index < -0.39 is 0 Å². The number of nitrogens with one attached hydrogen (secondary N) is 1. The molecule has 0 bridgehead atoms. The van der Waals surface area contributed by atoms with Gasteiger partial charge >= 0.3 is 0 Å².